The summed E-state index contributed by atoms with van der Waals surface area (Å²) in [6.07, 6.45) is 0. The number of aromatic nitrogens is 2. The average molecular weight is 303 g/mol. The Labute approximate surface area is 112 Å². The van der Waals surface area contributed by atoms with E-state index in [9.17, 15) is 4.79 Å². The highest BCUT2D eigenvalue weighted by Gasteiger charge is 2.08. The van der Waals surface area contributed by atoms with Gasteiger partial charge in [-0.25, -0.2) is 4.79 Å². The first kappa shape index (κ1) is 11.3. The van der Waals surface area contributed by atoms with E-state index in [1.54, 1.807) is 4.57 Å². The van der Waals surface area contributed by atoms with Crippen LogP contribution in [0.4, 0.5) is 0 Å². The van der Waals surface area contributed by atoms with Crippen molar-refractivity contribution in [3.05, 3.63) is 63.0 Å². The first-order chi connectivity index (χ1) is 8.65. The van der Waals surface area contributed by atoms with Crippen molar-refractivity contribution >= 4 is 27.0 Å². The van der Waals surface area contributed by atoms with Crippen LogP contribution in [0.5, 0.6) is 0 Å². The maximum atomic E-state index is 12.1. The van der Waals surface area contributed by atoms with Crippen molar-refractivity contribution in [1.29, 1.82) is 0 Å². The van der Waals surface area contributed by atoms with E-state index >= 15 is 0 Å². The number of aromatic amines is 1. The van der Waals surface area contributed by atoms with E-state index < -0.39 is 0 Å². The van der Waals surface area contributed by atoms with E-state index in [-0.39, 0.29) is 5.69 Å². The van der Waals surface area contributed by atoms with Crippen LogP contribution in [0.2, 0.25) is 0 Å². The van der Waals surface area contributed by atoms with E-state index in [1.165, 1.54) is 0 Å². The van der Waals surface area contributed by atoms with Crippen LogP contribution in [0.3, 0.4) is 0 Å². The molecule has 0 radical (unpaired) electrons. The zero-order valence-corrected chi connectivity index (χ0v) is 11.4. The number of fused-ring (bicyclic) bond motifs is 1. The minimum atomic E-state index is -0.117. The second-order valence-corrected chi connectivity index (χ2v) is 5.18. The molecule has 3 rings (SSSR count). The molecule has 0 fully saturated rings. The highest BCUT2D eigenvalue weighted by Crippen LogP contribution is 2.19. The van der Waals surface area contributed by atoms with Gasteiger partial charge in [-0.05, 0) is 42.8 Å². The lowest BCUT2D eigenvalue weighted by Gasteiger charge is -2.04. The number of hydrogen-bond acceptors (Lipinski definition) is 1. The number of rotatable bonds is 1. The first-order valence-corrected chi connectivity index (χ1v) is 6.42. The molecule has 0 saturated heterocycles. The Balaban J connectivity index is 2.38. The van der Waals surface area contributed by atoms with Crippen LogP contribution < -0.4 is 5.69 Å². The molecule has 0 aliphatic heterocycles. The molecule has 0 unspecified atom stereocenters. The molecule has 0 amide bonds. The Morgan fingerprint density at radius 3 is 2.78 bits per heavy atom. The zero-order valence-electron chi connectivity index (χ0n) is 9.77. The van der Waals surface area contributed by atoms with Crippen LogP contribution in [0, 0.1) is 6.92 Å². The van der Waals surface area contributed by atoms with Crippen molar-refractivity contribution in [3.63, 3.8) is 0 Å². The predicted octanol–water partition coefficient (Wildman–Crippen LogP) is 3.39. The number of hydrogen-bond donors (Lipinski definition) is 1. The lowest BCUT2D eigenvalue weighted by atomic mass is 10.2. The van der Waals surface area contributed by atoms with Gasteiger partial charge >= 0.3 is 5.69 Å². The predicted molar refractivity (Wildman–Crippen MR) is 76.3 cm³/mol. The van der Waals surface area contributed by atoms with E-state index in [0.29, 0.717) is 0 Å². The molecule has 0 aliphatic carbocycles. The highest BCUT2D eigenvalue weighted by atomic mass is 79.9. The monoisotopic (exact) mass is 302 g/mol. The summed E-state index contributed by atoms with van der Waals surface area (Å²) in [4.78, 5) is 14.9. The number of nitrogens with one attached hydrogen (secondary N) is 1. The van der Waals surface area contributed by atoms with Gasteiger partial charge in [0.2, 0.25) is 0 Å². The summed E-state index contributed by atoms with van der Waals surface area (Å²) in [6, 6.07) is 13.6. The van der Waals surface area contributed by atoms with Crippen molar-refractivity contribution in [1.82, 2.24) is 9.55 Å². The molecule has 4 heteroatoms. The van der Waals surface area contributed by atoms with Gasteiger partial charge in [-0.2, -0.15) is 0 Å². The largest absolute Gasteiger partial charge is 0.331 e. The molecule has 2 aromatic carbocycles. The Bertz CT molecular complexity index is 786. The molecule has 1 N–H and O–H groups in total. The van der Waals surface area contributed by atoms with Gasteiger partial charge in [0.25, 0.3) is 0 Å². The molecule has 0 saturated carbocycles. The van der Waals surface area contributed by atoms with Gasteiger partial charge in [0.05, 0.1) is 16.7 Å². The number of aryl methyl sites for hydroxylation is 1. The fourth-order valence-electron chi connectivity index (χ4n) is 2.08. The lowest BCUT2D eigenvalue weighted by Crippen LogP contribution is -2.14. The molecule has 90 valence electrons. The number of H-pyrrole nitrogens is 1. The van der Waals surface area contributed by atoms with Gasteiger partial charge in [-0.3, -0.25) is 4.57 Å². The fraction of sp³-hybridized carbons (Fsp3) is 0.0714. The second-order valence-electron chi connectivity index (χ2n) is 4.27. The molecule has 1 aromatic heterocycles. The molecule has 1 heterocycles. The Kier molecular flexibility index (Phi) is 2.59. The number of benzene rings is 2. The molecular weight excluding hydrogens is 292 g/mol. The average Bonchev–Trinajstić information content (AvgIpc) is 2.64. The van der Waals surface area contributed by atoms with Gasteiger partial charge in [-0.15, -0.1) is 0 Å². The van der Waals surface area contributed by atoms with Crippen molar-refractivity contribution in [3.8, 4) is 5.69 Å². The van der Waals surface area contributed by atoms with Crippen molar-refractivity contribution < 1.29 is 0 Å². The number of halogens is 1. The van der Waals surface area contributed by atoms with Crippen LogP contribution in [0.25, 0.3) is 16.7 Å². The van der Waals surface area contributed by atoms with Gasteiger partial charge < -0.3 is 4.98 Å². The van der Waals surface area contributed by atoms with Crippen LogP contribution in [-0.2, 0) is 0 Å². The van der Waals surface area contributed by atoms with Crippen molar-refractivity contribution in [2.24, 2.45) is 0 Å². The number of nitrogens with zero attached hydrogens (tertiary/aromatic N) is 1. The molecule has 3 nitrogen and oxygen atoms in total. The van der Waals surface area contributed by atoms with Gasteiger partial charge in [0, 0.05) is 4.47 Å². The fourth-order valence-corrected chi connectivity index (χ4v) is 2.47. The summed E-state index contributed by atoms with van der Waals surface area (Å²) < 4.78 is 2.64. The highest BCUT2D eigenvalue weighted by molar-refractivity contribution is 9.10. The minimum absolute atomic E-state index is 0.117. The third-order valence-corrected chi connectivity index (χ3v) is 3.40. The lowest BCUT2D eigenvalue weighted by molar-refractivity contribution is 1.01. The summed E-state index contributed by atoms with van der Waals surface area (Å²) in [6.45, 7) is 2.02. The van der Waals surface area contributed by atoms with Crippen LogP contribution in [0.1, 0.15) is 5.56 Å². The van der Waals surface area contributed by atoms with Crippen molar-refractivity contribution in [2.75, 3.05) is 0 Å². The molecule has 0 bridgehead atoms. The number of imidazole rings is 1. The quantitative estimate of drug-likeness (QED) is 0.735. The molecule has 3 aromatic rings. The Hall–Kier alpha value is -1.81. The summed E-state index contributed by atoms with van der Waals surface area (Å²) in [5, 5.41) is 0. The molecule has 0 aliphatic rings. The van der Waals surface area contributed by atoms with Gasteiger partial charge in [-0.1, -0.05) is 28.1 Å². The van der Waals surface area contributed by atoms with Crippen LogP contribution in [0.15, 0.2) is 51.7 Å². The van der Waals surface area contributed by atoms with Crippen LogP contribution in [-0.4, -0.2) is 9.55 Å². The van der Waals surface area contributed by atoms with Crippen molar-refractivity contribution in [2.45, 2.75) is 6.92 Å². The van der Waals surface area contributed by atoms with E-state index in [4.69, 9.17) is 0 Å². The minimum Gasteiger partial charge on any atom is -0.305 e. The second kappa shape index (κ2) is 4.14. The summed E-state index contributed by atoms with van der Waals surface area (Å²) in [5.41, 5.74) is 3.62. The van der Waals surface area contributed by atoms with E-state index in [0.717, 1.165) is 26.8 Å². The Morgan fingerprint density at radius 1 is 1.17 bits per heavy atom. The summed E-state index contributed by atoms with van der Waals surface area (Å²) in [5.74, 6) is 0. The molecule has 0 atom stereocenters. The maximum Gasteiger partial charge on any atom is 0.331 e. The summed E-state index contributed by atoms with van der Waals surface area (Å²) >= 11 is 3.43. The molecule has 0 spiro atoms. The Morgan fingerprint density at radius 2 is 2.00 bits per heavy atom. The third-order valence-electron chi connectivity index (χ3n) is 2.91. The maximum absolute atomic E-state index is 12.1. The summed E-state index contributed by atoms with van der Waals surface area (Å²) in [7, 11) is 0. The smallest absolute Gasteiger partial charge is 0.305 e. The first-order valence-electron chi connectivity index (χ1n) is 5.62. The standard InChI is InChI=1S/C14H11BrN2O/c1-9-5-6-12-13(7-9)17(14(18)16-12)11-4-2-3-10(15)8-11/h2-8H,1H3,(H,16,18). The molecule has 18 heavy (non-hydrogen) atoms. The zero-order chi connectivity index (χ0) is 12.7. The topological polar surface area (TPSA) is 37.8 Å². The van der Waals surface area contributed by atoms with Crippen LogP contribution >= 0.6 is 15.9 Å². The third kappa shape index (κ3) is 1.78. The van der Waals surface area contributed by atoms with Gasteiger partial charge in [0.1, 0.15) is 0 Å². The molecular formula is C14H11BrN2O. The van der Waals surface area contributed by atoms with E-state index in [1.807, 2.05) is 49.4 Å². The van der Waals surface area contributed by atoms with E-state index in [2.05, 4.69) is 20.9 Å². The SMILES string of the molecule is Cc1ccc2[nH]c(=O)n(-c3cccc(Br)c3)c2c1. The van der Waals surface area contributed by atoms with Gasteiger partial charge in [0.15, 0.2) is 0 Å². The normalized spacial score (nSPS) is 11.0.